The highest BCUT2D eigenvalue weighted by molar-refractivity contribution is 7.90. The average molecular weight is 427 g/mol. The van der Waals surface area contributed by atoms with Crippen molar-refractivity contribution in [2.24, 2.45) is 0 Å². The molecule has 4 rings (SSSR count). The van der Waals surface area contributed by atoms with Gasteiger partial charge in [0.05, 0.1) is 23.8 Å². The van der Waals surface area contributed by atoms with E-state index >= 15 is 0 Å². The van der Waals surface area contributed by atoms with Crippen LogP contribution in [0.4, 0.5) is 23.3 Å². The summed E-state index contributed by atoms with van der Waals surface area (Å²) in [6.45, 7) is 2.59. The first-order valence-corrected chi connectivity index (χ1v) is 11.3. The van der Waals surface area contributed by atoms with Crippen LogP contribution in [0, 0.1) is 0 Å². The maximum absolute atomic E-state index is 11.9. The Labute approximate surface area is 174 Å². The number of nitrogen functional groups attached to an aromatic ring is 1. The fourth-order valence-corrected chi connectivity index (χ4v) is 3.73. The van der Waals surface area contributed by atoms with Crippen molar-refractivity contribution in [2.75, 3.05) is 48.5 Å². The van der Waals surface area contributed by atoms with Crippen LogP contribution in [0.15, 0.2) is 53.6 Å². The number of nitrogens with one attached hydrogen (secondary N) is 1. The van der Waals surface area contributed by atoms with Gasteiger partial charge in [0.2, 0.25) is 5.95 Å². The van der Waals surface area contributed by atoms with Crippen LogP contribution < -0.4 is 16.0 Å². The number of ether oxygens (including phenoxy) is 1. The van der Waals surface area contributed by atoms with Crippen LogP contribution in [0.5, 0.6) is 0 Å². The highest BCUT2D eigenvalue weighted by Gasteiger charge is 2.17. The number of rotatable bonds is 5. The molecule has 1 saturated heterocycles. The number of sulfone groups is 1. The van der Waals surface area contributed by atoms with Crippen molar-refractivity contribution in [1.82, 2.24) is 15.0 Å². The maximum atomic E-state index is 11.9. The summed E-state index contributed by atoms with van der Waals surface area (Å²) >= 11 is 0. The zero-order valence-corrected chi connectivity index (χ0v) is 17.3. The number of pyridine rings is 1. The van der Waals surface area contributed by atoms with Crippen LogP contribution in [-0.2, 0) is 14.6 Å². The SMILES string of the molecule is CS(=O)(=O)c1cccc(Nc2cc(-c3ccc(N)nc3)nc(N3CCOCC3)n2)c1. The van der Waals surface area contributed by atoms with Crippen molar-refractivity contribution in [1.29, 1.82) is 0 Å². The first kappa shape index (κ1) is 20.0. The van der Waals surface area contributed by atoms with E-state index in [0.717, 1.165) is 5.56 Å². The minimum Gasteiger partial charge on any atom is -0.384 e. The van der Waals surface area contributed by atoms with Crippen molar-refractivity contribution >= 4 is 33.1 Å². The summed E-state index contributed by atoms with van der Waals surface area (Å²) < 4.78 is 29.2. The van der Waals surface area contributed by atoms with Gasteiger partial charge in [0.25, 0.3) is 0 Å². The van der Waals surface area contributed by atoms with Gasteiger partial charge in [-0.1, -0.05) is 6.07 Å². The Morgan fingerprint density at radius 3 is 2.60 bits per heavy atom. The lowest BCUT2D eigenvalue weighted by molar-refractivity contribution is 0.122. The van der Waals surface area contributed by atoms with Gasteiger partial charge in [0.15, 0.2) is 9.84 Å². The molecule has 3 heterocycles. The quantitative estimate of drug-likeness (QED) is 0.631. The molecule has 9 nitrogen and oxygen atoms in total. The summed E-state index contributed by atoms with van der Waals surface area (Å²) in [6, 6.07) is 12.0. The van der Waals surface area contributed by atoms with Gasteiger partial charge in [-0.25, -0.2) is 18.4 Å². The molecular formula is C20H22N6O3S. The Hall–Kier alpha value is -3.24. The number of anilines is 4. The van der Waals surface area contributed by atoms with E-state index in [9.17, 15) is 8.42 Å². The second-order valence-corrected chi connectivity index (χ2v) is 8.95. The zero-order chi connectivity index (χ0) is 21.1. The molecule has 3 N–H and O–H groups in total. The molecule has 2 aromatic heterocycles. The zero-order valence-electron chi connectivity index (χ0n) is 16.4. The van der Waals surface area contributed by atoms with E-state index in [1.165, 1.54) is 6.26 Å². The van der Waals surface area contributed by atoms with Crippen molar-refractivity contribution < 1.29 is 13.2 Å². The third-order valence-corrected chi connectivity index (χ3v) is 5.74. The Morgan fingerprint density at radius 2 is 1.90 bits per heavy atom. The van der Waals surface area contributed by atoms with E-state index in [1.807, 2.05) is 6.07 Å². The van der Waals surface area contributed by atoms with Crippen LogP contribution in [0.25, 0.3) is 11.3 Å². The lowest BCUT2D eigenvalue weighted by Crippen LogP contribution is -2.37. The van der Waals surface area contributed by atoms with Crippen LogP contribution >= 0.6 is 0 Å². The third kappa shape index (κ3) is 4.66. The fourth-order valence-electron chi connectivity index (χ4n) is 3.06. The van der Waals surface area contributed by atoms with Crippen molar-refractivity contribution in [3.05, 3.63) is 48.7 Å². The van der Waals surface area contributed by atoms with Gasteiger partial charge in [0.1, 0.15) is 11.6 Å². The van der Waals surface area contributed by atoms with Gasteiger partial charge in [-0.05, 0) is 30.3 Å². The lowest BCUT2D eigenvalue weighted by atomic mass is 10.2. The Morgan fingerprint density at radius 1 is 1.10 bits per heavy atom. The molecule has 1 aliphatic heterocycles. The molecule has 1 aromatic carbocycles. The highest BCUT2D eigenvalue weighted by atomic mass is 32.2. The monoisotopic (exact) mass is 426 g/mol. The largest absolute Gasteiger partial charge is 0.384 e. The number of aromatic nitrogens is 3. The molecule has 0 radical (unpaired) electrons. The summed E-state index contributed by atoms with van der Waals surface area (Å²) in [7, 11) is -3.31. The Kier molecular flexibility index (Phi) is 5.51. The normalized spacial score (nSPS) is 14.5. The van der Waals surface area contributed by atoms with Crippen molar-refractivity contribution in [3.8, 4) is 11.3 Å². The molecule has 30 heavy (non-hydrogen) atoms. The number of nitrogens with zero attached hydrogens (tertiary/aromatic N) is 4. The van der Waals surface area contributed by atoms with E-state index in [-0.39, 0.29) is 4.90 Å². The van der Waals surface area contributed by atoms with Crippen LogP contribution in [0.1, 0.15) is 0 Å². The molecule has 1 aliphatic rings. The number of morpholine rings is 1. The van der Waals surface area contributed by atoms with E-state index in [0.29, 0.717) is 55.3 Å². The fraction of sp³-hybridized carbons (Fsp3) is 0.250. The lowest BCUT2D eigenvalue weighted by Gasteiger charge is -2.27. The third-order valence-electron chi connectivity index (χ3n) is 4.62. The summed E-state index contributed by atoms with van der Waals surface area (Å²) in [5.41, 5.74) is 7.80. The molecule has 0 saturated carbocycles. The second-order valence-electron chi connectivity index (χ2n) is 6.93. The van der Waals surface area contributed by atoms with Crippen LogP contribution in [0.2, 0.25) is 0 Å². The highest BCUT2D eigenvalue weighted by Crippen LogP contribution is 2.26. The molecule has 156 valence electrons. The number of hydrogen-bond donors (Lipinski definition) is 2. The van der Waals surface area contributed by atoms with Gasteiger partial charge in [-0.2, -0.15) is 4.98 Å². The molecular weight excluding hydrogens is 404 g/mol. The van der Waals surface area contributed by atoms with Gasteiger partial charge >= 0.3 is 0 Å². The molecule has 0 spiro atoms. The van der Waals surface area contributed by atoms with Gasteiger partial charge in [0, 0.05) is 42.9 Å². The summed E-state index contributed by atoms with van der Waals surface area (Å²) in [4.78, 5) is 15.8. The summed E-state index contributed by atoms with van der Waals surface area (Å²) in [5.74, 6) is 1.54. The second kappa shape index (κ2) is 8.25. The van der Waals surface area contributed by atoms with Gasteiger partial charge in [-0.3, -0.25) is 0 Å². The minimum atomic E-state index is -3.31. The number of benzene rings is 1. The Bertz CT molecular complexity index is 1150. The topological polar surface area (TPSA) is 123 Å². The number of hydrogen-bond acceptors (Lipinski definition) is 9. The smallest absolute Gasteiger partial charge is 0.228 e. The van der Waals surface area contributed by atoms with E-state index in [1.54, 1.807) is 42.6 Å². The molecule has 0 amide bonds. The minimum absolute atomic E-state index is 0.234. The standard InChI is InChI=1S/C20H22N6O3S/c1-30(27,28)16-4-2-3-15(11-16)23-19-12-17(14-5-6-18(21)22-13-14)24-20(25-19)26-7-9-29-10-8-26/h2-6,11-13H,7-10H2,1H3,(H2,21,22)(H,23,24,25). The van der Waals surface area contributed by atoms with Crippen LogP contribution in [0.3, 0.4) is 0 Å². The first-order valence-electron chi connectivity index (χ1n) is 9.39. The van der Waals surface area contributed by atoms with E-state index in [4.69, 9.17) is 15.5 Å². The van der Waals surface area contributed by atoms with Gasteiger partial charge in [-0.15, -0.1) is 0 Å². The van der Waals surface area contributed by atoms with E-state index < -0.39 is 9.84 Å². The predicted molar refractivity (Wildman–Crippen MR) is 116 cm³/mol. The number of nitrogens with two attached hydrogens (primary N) is 1. The molecule has 3 aromatic rings. The Balaban J connectivity index is 1.73. The average Bonchev–Trinajstić information content (AvgIpc) is 2.74. The summed E-state index contributed by atoms with van der Waals surface area (Å²) in [6.07, 6.45) is 2.84. The van der Waals surface area contributed by atoms with E-state index in [2.05, 4.69) is 20.2 Å². The van der Waals surface area contributed by atoms with Gasteiger partial charge < -0.3 is 20.7 Å². The molecule has 0 unspecified atom stereocenters. The molecule has 0 bridgehead atoms. The molecule has 1 fully saturated rings. The van der Waals surface area contributed by atoms with Crippen molar-refractivity contribution in [3.63, 3.8) is 0 Å². The first-order chi connectivity index (χ1) is 14.4. The van der Waals surface area contributed by atoms with Crippen molar-refractivity contribution in [2.45, 2.75) is 4.90 Å². The van der Waals surface area contributed by atoms with Crippen LogP contribution in [-0.4, -0.2) is 55.9 Å². The molecule has 0 atom stereocenters. The predicted octanol–water partition coefficient (Wildman–Crippen LogP) is 2.10. The molecule has 10 heteroatoms. The molecule has 0 aliphatic carbocycles. The maximum Gasteiger partial charge on any atom is 0.228 e. The summed E-state index contributed by atoms with van der Waals surface area (Å²) in [5, 5.41) is 3.20.